The number of amides is 4. The van der Waals surface area contributed by atoms with E-state index in [4.69, 9.17) is 4.74 Å². The third kappa shape index (κ3) is 4.84. The maximum Gasteiger partial charge on any atom is 0.411 e. The molecule has 1 aromatic carbocycles. The Morgan fingerprint density at radius 2 is 1.86 bits per heavy atom. The summed E-state index contributed by atoms with van der Waals surface area (Å²) in [7, 11) is 1.47. The van der Waals surface area contributed by atoms with Crippen LogP contribution in [0.5, 0.6) is 0 Å². The lowest BCUT2D eigenvalue weighted by Gasteiger charge is -2.31. The summed E-state index contributed by atoms with van der Waals surface area (Å²) in [6.45, 7) is 0.420. The summed E-state index contributed by atoms with van der Waals surface area (Å²) >= 11 is 0. The fourth-order valence-corrected chi connectivity index (χ4v) is 5.98. The minimum atomic E-state index is -0.956. The maximum atomic E-state index is 13.5. The van der Waals surface area contributed by atoms with Crippen molar-refractivity contribution in [3.05, 3.63) is 59.1 Å². The van der Waals surface area contributed by atoms with Gasteiger partial charge in [-0.25, -0.2) is 14.0 Å². The third-order valence-electron chi connectivity index (χ3n) is 7.89. The highest BCUT2D eigenvalue weighted by Gasteiger charge is 2.56. The van der Waals surface area contributed by atoms with Crippen molar-refractivity contribution in [3.8, 4) is 0 Å². The Morgan fingerprint density at radius 1 is 1.14 bits per heavy atom. The third-order valence-corrected chi connectivity index (χ3v) is 7.89. The lowest BCUT2D eigenvalue weighted by Crippen LogP contribution is -2.45. The Hall–Kier alpha value is -3.69. The molecule has 0 bridgehead atoms. The molecule has 1 heterocycles. The second-order valence-electron chi connectivity index (χ2n) is 10.2. The number of allylic oxidation sites excluding steroid dienone is 3. The van der Waals surface area contributed by atoms with Crippen molar-refractivity contribution in [1.29, 1.82) is 0 Å². The molecule has 2 saturated carbocycles. The van der Waals surface area contributed by atoms with Crippen molar-refractivity contribution in [2.24, 2.45) is 5.92 Å². The van der Waals surface area contributed by atoms with Crippen molar-refractivity contribution in [2.75, 3.05) is 20.1 Å². The lowest BCUT2D eigenvalue weighted by molar-refractivity contribution is -0.134. The number of Topliss-reactive ketones (excluding diaryl/α,β-unsaturated/α-hetero) is 1. The minimum Gasteiger partial charge on any atom is -0.436 e. The van der Waals surface area contributed by atoms with Gasteiger partial charge in [0.2, 0.25) is 5.91 Å². The summed E-state index contributed by atoms with van der Waals surface area (Å²) in [5, 5.41) is 4.97. The van der Waals surface area contributed by atoms with Gasteiger partial charge in [0.1, 0.15) is 12.4 Å². The number of benzene rings is 1. The van der Waals surface area contributed by atoms with E-state index in [0.717, 1.165) is 31.2 Å². The molecular formula is C27H31FN4O5. The lowest BCUT2D eigenvalue weighted by atomic mass is 9.85. The number of nitrogens with one attached hydrogen (secondary N) is 2. The van der Waals surface area contributed by atoms with E-state index in [-0.39, 0.29) is 42.3 Å². The summed E-state index contributed by atoms with van der Waals surface area (Å²) < 4.78 is 19.2. The first-order valence-electron chi connectivity index (χ1n) is 12.8. The maximum absolute atomic E-state index is 13.5. The van der Waals surface area contributed by atoms with Crippen LogP contribution in [0.25, 0.3) is 0 Å². The van der Waals surface area contributed by atoms with Gasteiger partial charge in [-0.05, 0) is 55.0 Å². The number of ketones is 1. The Balaban J connectivity index is 1.31. The van der Waals surface area contributed by atoms with Crippen LogP contribution in [-0.2, 0) is 20.9 Å². The molecule has 0 aromatic heterocycles. The van der Waals surface area contributed by atoms with E-state index in [1.165, 1.54) is 24.1 Å². The number of rotatable bonds is 6. The second kappa shape index (κ2) is 9.99. The molecule has 9 nitrogen and oxygen atoms in total. The van der Waals surface area contributed by atoms with Crippen LogP contribution in [0.3, 0.4) is 0 Å². The van der Waals surface area contributed by atoms with Crippen molar-refractivity contribution in [1.82, 2.24) is 20.4 Å². The first kappa shape index (κ1) is 25.0. The molecule has 0 radical (unpaired) electrons. The quantitative estimate of drug-likeness (QED) is 0.612. The average Bonchev–Trinajstić information content (AvgIpc) is 3.61. The smallest absolute Gasteiger partial charge is 0.411 e. The number of carbonyl (C=O) groups is 4. The fourth-order valence-electron chi connectivity index (χ4n) is 5.98. The van der Waals surface area contributed by atoms with Crippen molar-refractivity contribution in [2.45, 2.75) is 56.7 Å². The van der Waals surface area contributed by atoms with E-state index in [0.29, 0.717) is 25.0 Å². The highest BCUT2D eigenvalue weighted by molar-refractivity contribution is 6.03. The molecule has 4 aliphatic rings. The highest BCUT2D eigenvalue weighted by atomic mass is 19.1. The van der Waals surface area contributed by atoms with Crippen molar-refractivity contribution < 1.29 is 28.3 Å². The van der Waals surface area contributed by atoms with E-state index in [2.05, 4.69) is 10.6 Å². The summed E-state index contributed by atoms with van der Waals surface area (Å²) in [6, 6.07) is 5.72. The molecule has 1 spiro atoms. The van der Waals surface area contributed by atoms with Gasteiger partial charge >= 0.3 is 12.1 Å². The number of urea groups is 1. The molecular weight excluding hydrogens is 479 g/mol. The molecule has 3 fully saturated rings. The van der Waals surface area contributed by atoms with Gasteiger partial charge in [0.05, 0.1) is 12.2 Å². The number of hydrogen-bond acceptors (Lipinski definition) is 5. The van der Waals surface area contributed by atoms with Crippen LogP contribution in [0.15, 0.2) is 47.7 Å². The molecule has 1 aliphatic heterocycles. The molecule has 1 saturated heterocycles. The normalized spacial score (nSPS) is 25.0. The number of carbonyl (C=O) groups excluding carboxylic acids is 4. The topological polar surface area (TPSA) is 108 Å². The fraction of sp³-hybridized carbons (Fsp3) is 0.481. The predicted octanol–water partition coefficient (Wildman–Crippen LogP) is 3.02. The van der Waals surface area contributed by atoms with E-state index >= 15 is 0 Å². The highest BCUT2D eigenvalue weighted by Crippen LogP contribution is 2.48. The van der Waals surface area contributed by atoms with Gasteiger partial charge in [-0.1, -0.05) is 31.1 Å². The number of ether oxygens (including phenoxy) is 1. The van der Waals surface area contributed by atoms with Crippen LogP contribution in [0.4, 0.5) is 14.0 Å². The molecule has 5 rings (SSSR count). The summed E-state index contributed by atoms with van der Waals surface area (Å²) in [5.41, 5.74) is 0.790. The average molecular weight is 511 g/mol. The first-order valence-corrected chi connectivity index (χ1v) is 12.8. The first-order chi connectivity index (χ1) is 17.8. The van der Waals surface area contributed by atoms with E-state index in [1.54, 1.807) is 29.2 Å². The monoisotopic (exact) mass is 510 g/mol. The minimum absolute atomic E-state index is 0.0797. The van der Waals surface area contributed by atoms with Gasteiger partial charge in [0, 0.05) is 25.6 Å². The second-order valence-corrected chi connectivity index (χ2v) is 10.2. The standard InChI is InChI=1S/C27H31FN4O5/c1-29-25(35)30-22-11-10-21-20(24(22)34)12-13-27(21)16-31(26(36)37-27)15-23(33)32(19-4-2-3-5-19)14-17-6-8-18(28)9-7-17/h6-11,19-20H,2-5,12-16H2,1H3,(H2,29,30,35)/t20?,27-/m0/s1. The zero-order valence-corrected chi connectivity index (χ0v) is 20.8. The Kier molecular flexibility index (Phi) is 6.74. The molecule has 196 valence electrons. The van der Waals surface area contributed by atoms with Crippen LogP contribution in [0, 0.1) is 11.7 Å². The van der Waals surface area contributed by atoms with Gasteiger partial charge in [-0.2, -0.15) is 0 Å². The number of halogens is 1. The van der Waals surface area contributed by atoms with Crippen LogP contribution < -0.4 is 10.6 Å². The van der Waals surface area contributed by atoms with Crippen LogP contribution in [0.2, 0.25) is 0 Å². The van der Waals surface area contributed by atoms with Crippen LogP contribution >= 0.6 is 0 Å². The van der Waals surface area contributed by atoms with Gasteiger partial charge in [-0.3, -0.25) is 14.5 Å². The summed E-state index contributed by atoms with van der Waals surface area (Å²) in [4.78, 5) is 54.3. The molecule has 10 heteroatoms. The largest absolute Gasteiger partial charge is 0.436 e. The van der Waals surface area contributed by atoms with Crippen molar-refractivity contribution in [3.63, 3.8) is 0 Å². The molecule has 4 amide bonds. The van der Waals surface area contributed by atoms with Gasteiger partial charge in [-0.15, -0.1) is 0 Å². The zero-order chi connectivity index (χ0) is 26.2. The van der Waals surface area contributed by atoms with E-state index in [1.807, 2.05) is 0 Å². The summed E-state index contributed by atoms with van der Waals surface area (Å²) in [6.07, 6.45) is 7.56. The molecule has 3 aliphatic carbocycles. The van der Waals surface area contributed by atoms with Gasteiger partial charge < -0.3 is 20.3 Å². The SMILES string of the molecule is CNC(=O)NC1=CC=C2C(CC[C@]23CN(CC(=O)N(Cc2ccc(F)cc2)C2CCCC2)C(=O)O3)C1=O. The molecule has 1 unspecified atom stereocenters. The van der Waals surface area contributed by atoms with Gasteiger partial charge in [0.15, 0.2) is 11.4 Å². The predicted molar refractivity (Wildman–Crippen MR) is 131 cm³/mol. The molecule has 2 atom stereocenters. The molecule has 2 N–H and O–H groups in total. The van der Waals surface area contributed by atoms with Crippen LogP contribution in [-0.4, -0.2) is 65.4 Å². The molecule has 37 heavy (non-hydrogen) atoms. The van der Waals surface area contributed by atoms with Crippen molar-refractivity contribution >= 4 is 23.8 Å². The van der Waals surface area contributed by atoms with E-state index < -0.39 is 23.6 Å². The zero-order valence-electron chi connectivity index (χ0n) is 20.8. The molecule has 1 aromatic rings. The Labute approximate surface area is 214 Å². The Morgan fingerprint density at radius 3 is 2.57 bits per heavy atom. The van der Waals surface area contributed by atoms with Crippen LogP contribution in [0.1, 0.15) is 44.1 Å². The van der Waals surface area contributed by atoms with Gasteiger partial charge in [0.25, 0.3) is 0 Å². The number of fused-ring (bicyclic) bond motifs is 2. The number of nitrogens with zero attached hydrogens (tertiary/aromatic N) is 2. The Bertz CT molecular complexity index is 1170. The van der Waals surface area contributed by atoms with E-state index in [9.17, 15) is 23.6 Å². The summed E-state index contributed by atoms with van der Waals surface area (Å²) in [5.74, 6) is -1.20. The number of hydrogen-bond donors (Lipinski definition) is 2.